The van der Waals surface area contributed by atoms with Crippen LogP contribution in [0.4, 0.5) is 4.79 Å². The van der Waals surface area contributed by atoms with Gasteiger partial charge in [-0.15, -0.1) is 0 Å². The van der Waals surface area contributed by atoms with Gasteiger partial charge in [-0.05, 0) is 64.3 Å². The number of aromatic nitrogens is 1. The third-order valence-corrected chi connectivity index (χ3v) is 6.91. The van der Waals surface area contributed by atoms with E-state index < -0.39 is 33.7 Å². The van der Waals surface area contributed by atoms with E-state index in [0.29, 0.717) is 11.9 Å². The average Bonchev–Trinajstić information content (AvgIpc) is 3.14. The maximum Gasteiger partial charge on any atom is 0.408 e. The zero-order valence-corrected chi connectivity index (χ0v) is 20.8. The quantitative estimate of drug-likeness (QED) is 0.503. The minimum atomic E-state index is -3.83. The molecule has 1 N–H and O–H groups in total. The summed E-state index contributed by atoms with van der Waals surface area (Å²) < 4.78 is 38.1. The van der Waals surface area contributed by atoms with Crippen LogP contribution in [0.2, 0.25) is 0 Å². The molecule has 1 heterocycles. The number of esters is 1. The molecule has 0 saturated heterocycles. The van der Waals surface area contributed by atoms with Crippen LogP contribution >= 0.6 is 0 Å². The normalized spacial score (nSPS) is 12.9. The first kappa shape index (κ1) is 25.3. The number of amides is 1. The summed E-state index contributed by atoms with van der Waals surface area (Å²) in [5.74, 6) is -0.609. The van der Waals surface area contributed by atoms with Gasteiger partial charge < -0.3 is 14.8 Å². The molecule has 3 rings (SSSR count). The fraction of sp³-hybridized carbons (Fsp3) is 0.360. The Kier molecular flexibility index (Phi) is 7.35. The van der Waals surface area contributed by atoms with E-state index in [0.717, 1.165) is 16.5 Å². The minimum Gasteiger partial charge on any atom is -0.467 e. The van der Waals surface area contributed by atoms with Crippen LogP contribution in [-0.2, 0) is 30.7 Å². The number of methoxy groups -OCH3 is 1. The number of carbonyl (C=O) groups is 2. The summed E-state index contributed by atoms with van der Waals surface area (Å²) in [6.45, 7) is 7.07. The van der Waals surface area contributed by atoms with Gasteiger partial charge in [0.05, 0.1) is 17.5 Å². The van der Waals surface area contributed by atoms with E-state index in [1.54, 1.807) is 63.4 Å². The second-order valence-electron chi connectivity index (χ2n) is 9.05. The lowest BCUT2D eigenvalue weighted by atomic mass is 10.0. The van der Waals surface area contributed by atoms with Gasteiger partial charge in [-0.1, -0.05) is 35.9 Å². The first-order chi connectivity index (χ1) is 15.9. The summed E-state index contributed by atoms with van der Waals surface area (Å²) in [5.41, 5.74) is 1.50. The maximum absolute atomic E-state index is 13.4. The van der Waals surface area contributed by atoms with Crippen molar-refractivity contribution in [1.82, 2.24) is 9.29 Å². The molecule has 9 heteroatoms. The minimum absolute atomic E-state index is 0.185. The fourth-order valence-corrected chi connectivity index (χ4v) is 4.97. The first-order valence-corrected chi connectivity index (χ1v) is 12.3. The van der Waals surface area contributed by atoms with Gasteiger partial charge in [-0.3, -0.25) is 0 Å². The molecule has 0 radical (unpaired) electrons. The Bertz CT molecular complexity index is 1290. The standard InChI is InChI=1S/C25H30N2O6S/c1-17-10-13-19(14-11-17)34(30,31)27-16-18(20-8-6-7-9-22(20)27)12-15-21(23(28)32-5)26-24(29)33-25(2,3)4/h6-11,13-14,16,21H,12,15H2,1-5H3,(H,26,29)/t21-/m1/s1. The SMILES string of the molecule is COC(=O)[C@@H](CCc1cn(S(=O)(=O)c2ccc(C)cc2)c2ccccc12)NC(=O)OC(C)(C)C. The highest BCUT2D eigenvalue weighted by Crippen LogP contribution is 2.27. The highest BCUT2D eigenvalue weighted by Gasteiger charge is 2.26. The van der Waals surface area contributed by atoms with E-state index in [9.17, 15) is 18.0 Å². The average molecular weight is 487 g/mol. The lowest BCUT2D eigenvalue weighted by molar-refractivity contribution is -0.143. The van der Waals surface area contributed by atoms with Crippen molar-refractivity contribution in [2.24, 2.45) is 0 Å². The van der Waals surface area contributed by atoms with Gasteiger partial charge in [0.1, 0.15) is 11.6 Å². The summed E-state index contributed by atoms with van der Waals surface area (Å²) in [5, 5.41) is 3.30. The van der Waals surface area contributed by atoms with Crippen molar-refractivity contribution in [3.8, 4) is 0 Å². The molecule has 3 aromatic rings. The van der Waals surface area contributed by atoms with Crippen molar-refractivity contribution in [3.63, 3.8) is 0 Å². The Balaban J connectivity index is 1.91. The summed E-state index contributed by atoms with van der Waals surface area (Å²) in [7, 11) is -2.58. The topological polar surface area (TPSA) is 104 Å². The number of aryl methyl sites for hydroxylation is 2. The van der Waals surface area contributed by atoms with Gasteiger partial charge >= 0.3 is 12.1 Å². The second kappa shape index (κ2) is 9.89. The summed E-state index contributed by atoms with van der Waals surface area (Å²) in [6.07, 6.45) is 1.37. The van der Waals surface area contributed by atoms with Crippen molar-refractivity contribution in [1.29, 1.82) is 0 Å². The molecule has 0 aliphatic carbocycles. The van der Waals surface area contributed by atoms with Crippen molar-refractivity contribution in [2.45, 2.75) is 57.1 Å². The molecule has 34 heavy (non-hydrogen) atoms. The van der Waals surface area contributed by atoms with Gasteiger partial charge in [-0.2, -0.15) is 0 Å². The van der Waals surface area contributed by atoms with Crippen LogP contribution in [0.15, 0.2) is 59.6 Å². The molecule has 1 amide bonds. The predicted octanol–water partition coefficient (Wildman–Crippen LogP) is 4.19. The molecule has 1 atom stereocenters. The zero-order chi connectivity index (χ0) is 25.1. The van der Waals surface area contributed by atoms with Crippen LogP contribution in [0.25, 0.3) is 10.9 Å². The van der Waals surface area contributed by atoms with E-state index in [2.05, 4.69) is 5.32 Å². The largest absolute Gasteiger partial charge is 0.467 e. The number of rotatable bonds is 7. The molecular weight excluding hydrogens is 456 g/mol. The zero-order valence-electron chi connectivity index (χ0n) is 20.0. The van der Waals surface area contributed by atoms with Crippen molar-refractivity contribution in [3.05, 3.63) is 65.9 Å². The van der Waals surface area contributed by atoms with Gasteiger partial charge in [0, 0.05) is 11.6 Å². The Morgan fingerprint density at radius 3 is 2.32 bits per heavy atom. The number of ether oxygens (including phenoxy) is 2. The fourth-order valence-electron chi connectivity index (χ4n) is 3.58. The number of benzene rings is 2. The van der Waals surface area contributed by atoms with Gasteiger partial charge in [-0.25, -0.2) is 22.0 Å². The highest BCUT2D eigenvalue weighted by molar-refractivity contribution is 7.90. The van der Waals surface area contributed by atoms with Crippen molar-refractivity contribution in [2.75, 3.05) is 7.11 Å². The number of hydrogen-bond acceptors (Lipinski definition) is 6. The Hall–Kier alpha value is -3.33. The molecular formula is C25H30N2O6S. The first-order valence-electron chi connectivity index (χ1n) is 10.9. The maximum atomic E-state index is 13.4. The third kappa shape index (κ3) is 5.77. The Morgan fingerprint density at radius 2 is 1.71 bits per heavy atom. The summed E-state index contributed by atoms with van der Waals surface area (Å²) in [6, 6.07) is 12.9. The third-order valence-electron chi connectivity index (χ3n) is 5.22. The number of fused-ring (bicyclic) bond motifs is 1. The van der Waals surface area contributed by atoms with Crippen LogP contribution in [0.5, 0.6) is 0 Å². The molecule has 0 unspecified atom stereocenters. The molecule has 0 spiro atoms. The molecule has 0 fully saturated rings. The summed E-state index contributed by atoms with van der Waals surface area (Å²) >= 11 is 0. The highest BCUT2D eigenvalue weighted by atomic mass is 32.2. The summed E-state index contributed by atoms with van der Waals surface area (Å²) in [4.78, 5) is 24.7. The van der Waals surface area contributed by atoms with Crippen LogP contribution in [0.3, 0.4) is 0 Å². The molecule has 2 aromatic carbocycles. The van der Waals surface area contributed by atoms with Crippen molar-refractivity contribution >= 4 is 33.0 Å². The van der Waals surface area contributed by atoms with E-state index in [4.69, 9.17) is 9.47 Å². The molecule has 0 bridgehead atoms. The smallest absolute Gasteiger partial charge is 0.408 e. The van der Waals surface area contributed by atoms with E-state index in [1.807, 2.05) is 19.1 Å². The van der Waals surface area contributed by atoms with Crippen LogP contribution < -0.4 is 5.32 Å². The number of para-hydroxylation sites is 1. The Labute approximate surface area is 199 Å². The van der Waals surface area contributed by atoms with Crippen LogP contribution in [0.1, 0.15) is 38.3 Å². The van der Waals surface area contributed by atoms with Crippen LogP contribution in [-0.4, -0.2) is 43.2 Å². The van der Waals surface area contributed by atoms with Gasteiger partial charge in [0.2, 0.25) is 0 Å². The lowest BCUT2D eigenvalue weighted by Gasteiger charge is -2.22. The number of nitrogens with one attached hydrogen (secondary N) is 1. The van der Waals surface area contributed by atoms with Gasteiger partial charge in [0.25, 0.3) is 10.0 Å². The van der Waals surface area contributed by atoms with Crippen molar-refractivity contribution < 1.29 is 27.5 Å². The molecule has 182 valence electrons. The van der Waals surface area contributed by atoms with Gasteiger partial charge in [0.15, 0.2) is 0 Å². The Morgan fingerprint density at radius 1 is 1.06 bits per heavy atom. The monoisotopic (exact) mass is 486 g/mol. The second-order valence-corrected chi connectivity index (χ2v) is 10.9. The molecule has 0 aliphatic heterocycles. The van der Waals surface area contributed by atoms with E-state index >= 15 is 0 Å². The number of carbonyl (C=O) groups excluding carboxylic acids is 2. The molecule has 8 nitrogen and oxygen atoms in total. The molecule has 1 aromatic heterocycles. The molecule has 0 saturated carbocycles. The van der Waals surface area contributed by atoms with E-state index in [1.165, 1.54) is 11.1 Å². The predicted molar refractivity (Wildman–Crippen MR) is 129 cm³/mol. The number of nitrogens with zero attached hydrogens (tertiary/aromatic N) is 1. The lowest BCUT2D eigenvalue weighted by Crippen LogP contribution is -2.44. The molecule has 0 aliphatic rings. The van der Waals surface area contributed by atoms with E-state index in [-0.39, 0.29) is 11.3 Å². The number of alkyl carbamates (subject to hydrolysis) is 1. The van der Waals surface area contributed by atoms with Crippen LogP contribution in [0, 0.1) is 6.92 Å². The number of hydrogen-bond donors (Lipinski definition) is 1.